The first-order valence-electron chi connectivity index (χ1n) is 5.81. The summed E-state index contributed by atoms with van der Waals surface area (Å²) in [5, 5.41) is 3.33. The molecule has 0 radical (unpaired) electrons. The average molecular weight is 218 g/mol. The van der Waals surface area contributed by atoms with Gasteiger partial charge in [0.25, 0.3) is 0 Å². The maximum Gasteiger partial charge on any atom is 0.0640 e. The van der Waals surface area contributed by atoms with E-state index in [9.17, 15) is 0 Å². The first-order valence-corrected chi connectivity index (χ1v) is 5.81. The number of nitrogens with one attached hydrogen (secondary N) is 1. The lowest BCUT2D eigenvalue weighted by Gasteiger charge is -2.34. The predicted molar refractivity (Wildman–Crippen MR) is 63.3 cm³/mol. The topological polar surface area (TPSA) is 33.7 Å². The molecule has 0 bridgehead atoms. The van der Waals surface area contributed by atoms with Crippen molar-refractivity contribution in [1.82, 2.24) is 10.2 Å². The van der Waals surface area contributed by atoms with E-state index >= 15 is 0 Å². The molecule has 0 saturated carbocycles. The van der Waals surface area contributed by atoms with Crippen molar-refractivity contribution in [3.63, 3.8) is 0 Å². The molecule has 0 amide bonds. The number of rotatable bonds is 5. The second-order valence-electron chi connectivity index (χ2n) is 3.35. The van der Waals surface area contributed by atoms with Gasteiger partial charge < -0.3 is 14.8 Å². The molecule has 0 atom stereocenters. The summed E-state index contributed by atoms with van der Waals surface area (Å²) in [7, 11) is 3.48. The fraction of sp³-hybridized carbons (Fsp3) is 1.00. The molecule has 92 valence electrons. The Morgan fingerprint density at radius 1 is 1.07 bits per heavy atom. The molecule has 1 fully saturated rings. The summed E-state index contributed by atoms with van der Waals surface area (Å²) < 4.78 is 10.3. The van der Waals surface area contributed by atoms with Crippen LogP contribution < -0.4 is 5.32 Å². The van der Waals surface area contributed by atoms with E-state index in [1.54, 1.807) is 14.2 Å². The van der Waals surface area contributed by atoms with E-state index in [1.807, 2.05) is 13.8 Å². The van der Waals surface area contributed by atoms with E-state index in [4.69, 9.17) is 9.47 Å². The Balaban J connectivity index is 0.000000921. The van der Waals surface area contributed by atoms with Gasteiger partial charge in [-0.25, -0.2) is 0 Å². The summed E-state index contributed by atoms with van der Waals surface area (Å²) in [4.78, 5) is 2.42. The zero-order valence-electron chi connectivity index (χ0n) is 10.6. The van der Waals surface area contributed by atoms with E-state index in [0.717, 1.165) is 39.4 Å². The molecular formula is C11H26N2O2. The average Bonchev–Trinajstić information content (AvgIpc) is 2.33. The van der Waals surface area contributed by atoms with Crippen molar-refractivity contribution in [1.29, 1.82) is 0 Å². The lowest BCUT2D eigenvalue weighted by Crippen LogP contribution is -2.51. The summed E-state index contributed by atoms with van der Waals surface area (Å²) in [5.74, 6) is 0. The van der Waals surface area contributed by atoms with Crippen molar-refractivity contribution in [2.45, 2.75) is 19.9 Å². The molecule has 0 aromatic rings. The fourth-order valence-corrected chi connectivity index (χ4v) is 1.69. The van der Waals surface area contributed by atoms with Crippen LogP contribution in [0.5, 0.6) is 0 Å². The third-order valence-electron chi connectivity index (χ3n) is 2.39. The third kappa shape index (κ3) is 6.10. The monoisotopic (exact) mass is 218 g/mol. The van der Waals surface area contributed by atoms with Crippen LogP contribution in [0.1, 0.15) is 13.8 Å². The Morgan fingerprint density at radius 2 is 1.53 bits per heavy atom. The molecule has 1 aliphatic heterocycles. The zero-order chi connectivity index (χ0) is 11.5. The van der Waals surface area contributed by atoms with Crippen molar-refractivity contribution in [3.05, 3.63) is 0 Å². The molecule has 0 aliphatic carbocycles. The van der Waals surface area contributed by atoms with Gasteiger partial charge in [-0.3, -0.25) is 4.90 Å². The maximum absolute atomic E-state index is 5.17. The Labute approximate surface area is 93.9 Å². The number of ether oxygens (including phenoxy) is 2. The number of methoxy groups -OCH3 is 2. The van der Waals surface area contributed by atoms with Crippen molar-refractivity contribution in [3.8, 4) is 0 Å². The Bertz CT molecular complexity index is 122. The van der Waals surface area contributed by atoms with Gasteiger partial charge in [-0.1, -0.05) is 13.8 Å². The van der Waals surface area contributed by atoms with Gasteiger partial charge in [-0.15, -0.1) is 0 Å². The Morgan fingerprint density at radius 3 is 1.93 bits per heavy atom. The van der Waals surface area contributed by atoms with Gasteiger partial charge in [0.15, 0.2) is 0 Å². The minimum atomic E-state index is 0.414. The minimum absolute atomic E-state index is 0.414. The standard InChI is InChI=1S/C9H20N2O2.C2H6/c1-12-7-9(8-13-2)11-5-3-10-4-6-11;1-2/h9-10H,3-8H2,1-2H3;1-2H3. The normalized spacial score (nSPS) is 17.4. The highest BCUT2D eigenvalue weighted by molar-refractivity contribution is 4.76. The van der Waals surface area contributed by atoms with E-state index in [0.29, 0.717) is 6.04 Å². The quantitative estimate of drug-likeness (QED) is 0.732. The molecule has 0 aromatic carbocycles. The Hall–Kier alpha value is -0.160. The molecule has 0 spiro atoms. The summed E-state index contributed by atoms with van der Waals surface area (Å²) in [6.07, 6.45) is 0. The Kier molecular flexibility index (Phi) is 10.3. The maximum atomic E-state index is 5.17. The van der Waals surface area contributed by atoms with E-state index in [2.05, 4.69) is 10.2 Å². The summed E-state index contributed by atoms with van der Waals surface area (Å²) in [5.41, 5.74) is 0. The van der Waals surface area contributed by atoms with Crippen molar-refractivity contribution in [2.24, 2.45) is 0 Å². The molecule has 4 heteroatoms. The minimum Gasteiger partial charge on any atom is -0.383 e. The van der Waals surface area contributed by atoms with Crippen LogP contribution in [0.25, 0.3) is 0 Å². The van der Waals surface area contributed by atoms with E-state index in [-0.39, 0.29) is 0 Å². The molecule has 1 aliphatic rings. The molecule has 0 aromatic heterocycles. The molecule has 1 heterocycles. The lowest BCUT2D eigenvalue weighted by molar-refractivity contribution is 0.0303. The van der Waals surface area contributed by atoms with Gasteiger partial charge in [0.05, 0.1) is 19.3 Å². The largest absolute Gasteiger partial charge is 0.383 e. The van der Waals surface area contributed by atoms with Crippen LogP contribution in [0.15, 0.2) is 0 Å². The summed E-state index contributed by atoms with van der Waals surface area (Å²) >= 11 is 0. The molecule has 15 heavy (non-hydrogen) atoms. The van der Waals surface area contributed by atoms with Crippen LogP contribution in [0.3, 0.4) is 0 Å². The molecule has 1 N–H and O–H groups in total. The molecule has 0 unspecified atom stereocenters. The van der Waals surface area contributed by atoms with Gasteiger partial charge >= 0.3 is 0 Å². The molecule has 4 nitrogen and oxygen atoms in total. The number of nitrogens with zero attached hydrogens (tertiary/aromatic N) is 1. The van der Waals surface area contributed by atoms with Crippen molar-refractivity contribution in [2.75, 3.05) is 53.6 Å². The van der Waals surface area contributed by atoms with E-state index < -0.39 is 0 Å². The van der Waals surface area contributed by atoms with Crippen molar-refractivity contribution >= 4 is 0 Å². The van der Waals surface area contributed by atoms with E-state index in [1.165, 1.54) is 0 Å². The summed E-state index contributed by atoms with van der Waals surface area (Å²) in [6, 6.07) is 0.414. The molecule has 1 saturated heterocycles. The SMILES string of the molecule is CC.COCC(COC)N1CCNCC1. The van der Waals surface area contributed by atoms with Crippen LogP contribution >= 0.6 is 0 Å². The van der Waals surface area contributed by atoms with Gasteiger partial charge in [0.2, 0.25) is 0 Å². The van der Waals surface area contributed by atoms with Crippen LogP contribution in [-0.4, -0.2) is 64.6 Å². The van der Waals surface area contributed by atoms with Crippen LogP contribution in [0.4, 0.5) is 0 Å². The van der Waals surface area contributed by atoms with Gasteiger partial charge in [-0.05, 0) is 0 Å². The van der Waals surface area contributed by atoms with Gasteiger partial charge in [-0.2, -0.15) is 0 Å². The van der Waals surface area contributed by atoms with Gasteiger partial charge in [0, 0.05) is 40.4 Å². The highest BCUT2D eigenvalue weighted by Gasteiger charge is 2.19. The highest BCUT2D eigenvalue weighted by Crippen LogP contribution is 2.02. The highest BCUT2D eigenvalue weighted by atomic mass is 16.5. The lowest BCUT2D eigenvalue weighted by atomic mass is 10.2. The third-order valence-corrected chi connectivity index (χ3v) is 2.39. The predicted octanol–water partition coefficient (Wildman–Crippen LogP) is 0.579. The van der Waals surface area contributed by atoms with Crippen LogP contribution in [0, 0.1) is 0 Å². The van der Waals surface area contributed by atoms with Gasteiger partial charge in [0.1, 0.15) is 0 Å². The second-order valence-corrected chi connectivity index (χ2v) is 3.35. The first-order chi connectivity index (χ1) is 7.38. The zero-order valence-corrected chi connectivity index (χ0v) is 10.6. The number of hydrogen-bond acceptors (Lipinski definition) is 4. The fourth-order valence-electron chi connectivity index (χ4n) is 1.69. The second kappa shape index (κ2) is 10.4. The smallest absolute Gasteiger partial charge is 0.0640 e. The van der Waals surface area contributed by atoms with Crippen molar-refractivity contribution < 1.29 is 9.47 Å². The molecular weight excluding hydrogens is 192 g/mol. The first kappa shape index (κ1) is 14.8. The van der Waals surface area contributed by atoms with Crippen LogP contribution in [0.2, 0.25) is 0 Å². The van der Waals surface area contributed by atoms with Crippen LogP contribution in [-0.2, 0) is 9.47 Å². The number of hydrogen-bond donors (Lipinski definition) is 1. The molecule has 1 rings (SSSR count). The number of piperazine rings is 1. The summed E-state index contributed by atoms with van der Waals surface area (Å²) in [6.45, 7) is 9.85.